The predicted molar refractivity (Wildman–Crippen MR) is 81.7 cm³/mol. The smallest absolute Gasteiger partial charge is 0.362 e. The molecule has 0 unspecified atom stereocenters. The number of rotatable bonds is 3. The van der Waals surface area contributed by atoms with Gasteiger partial charge in [-0.15, -0.1) is 0 Å². The van der Waals surface area contributed by atoms with Gasteiger partial charge in [-0.2, -0.15) is 13.2 Å². The first-order chi connectivity index (χ1) is 11.3. The van der Waals surface area contributed by atoms with Crippen molar-refractivity contribution < 1.29 is 22.8 Å². The highest BCUT2D eigenvalue weighted by atomic mass is 19.4. The van der Waals surface area contributed by atoms with Gasteiger partial charge in [-0.1, -0.05) is 6.07 Å². The number of carbonyl (C=O) groups is 2. The summed E-state index contributed by atoms with van der Waals surface area (Å²) in [5.74, 6) is -0.529. The van der Waals surface area contributed by atoms with Crippen molar-refractivity contribution >= 4 is 17.6 Å². The zero-order valence-corrected chi connectivity index (χ0v) is 12.9. The quantitative estimate of drug-likeness (QED) is 0.888. The first-order valence-electron chi connectivity index (χ1n) is 7.88. The SMILES string of the molecule is O=C(CN1CCCc2ccc(C(F)(F)F)cc21)NC(=O)NC1CC1. The van der Waals surface area contributed by atoms with Crippen LogP contribution in [0.5, 0.6) is 0 Å². The van der Waals surface area contributed by atoms with Gasteiger partial charge >= 0.3 is 12.2 Å². The lowest BCUT2D eigenvalue weighted by molar-refractivity contribution is -0.137. The third kappa shape index (κ3) is 3.98. The van der Waals surface area contributed by atoms with E-state index in [2.05, 4.69) is 10.6 Å². The summed E-state index contributed by atoms with van der Waals surface area (Å²) in [6.07, 6.45) is -1.19. The molecule has 0 spiro atoms. The summed E-state index contributed by atoms with van der Waals surface area (Å²) in [4.78, 5) is 25.1. The average Bonchev–Trinajstić information content (AvgIpc) is 3.29. The number of nitrogens with zero attached hydrogens (tertiary/aromatic N) is 1. The van der Waals surface area contributed by atoms with Crippen LogP contribution in [0.15, 0.2) is 18.2 Å². The van der Waals surface area contributed by atoms with Crippen molar-refractivity contribution in [2.45, 2.75) is 37.9 Å². The lowest BCUT2D eigenvalue weighted by Crippen LogP contribution is -2.46. The molecule has 3 amide bonds. The molecule has 1 aromatic carbocycles. The second-order valence-corrected chi connectivity index (χ2v) is 6.16. The molecule has 0 aromatic heterocycles. The van der Waals surface area contributed by atoms with Gasteiger partial charge < -0.3 is 10.2 Å². The fraction of sp³-hybridized carbons (Fsp3) is 0.500. The van der Waals surface area contributed by atoms with Crippen LogP contribution in [0, 0.1) is 0 Å². The molecule has 5 nitrogen and oxygen atoms in total. The fourth-order valence-electron chi connectivity index (χ4n) is 2.78. The molecule has 1 fully saturated rings. The Hall–Kier alpha value is -2.25. The molecule has 8 heteroatoms. The van der Waals surface area contributed by atoms with Crippen LogP contribution in [-0.4, -0.2) is 31.1 Å². The number of aryl methyl sites for hydroxylation is 1. The summed E-state index contributed by atoms with van der Waals surface area (Å²) in [6.45, 7) is 0.332. The van der Waals surface area contributed by atoms with Crippen LogP contribution in [-0.2, 0) is 17.4 Å². The highest BCUT2D eigenvalue weighted by Crippen LogP contribution is 2.35. The van der Waals surface area contributed by atoms with Gasteiger partial charge in [-0.05, 0) is 43.4 Å². The summed E-state index contributed by atoms with van der Waals surface area (Å²) in [5, 5.41) is 4.85. The summed E-state index contributed by atoms with van der Waals surface area (Å²) in [5.41, 5.74) is 0.457. The lowest BCUT2D eigenvalue weighted by atomic mass is 9.99. The number of anilines is 1. The van der Waals surface area contributed by atoms with Crippen LogP contribution in [0.3, 0.4) is 0 Å². The number of halogens is 3. The molecule has 0 atom stereocenters. The minimum atomic E-state index is -4.43. The van der Waals surface area contributed by atoms with E-state index in [1.807, 2.05) is 0 Å². The average molecular weight is 341 g/mol. The number of benzene rings is 1. The Kier molecular flexibility index (Phi) is 4.38. The van der Waals surface area contributed by atoms with Gasteiger partial charge in [0.25, 0.3) is 0 Å². The van der Waals surface area contributed by atoms with E-state index >= 15 is 0 Å². The van der Waals surface area contributed by atoms with E-state index in [4.69, 9.17) is 0 Å². The van der Waals surface area contributed by atoms with Gasteiger partial charge in [0.05, 0.1) is 12.1 Å². The lowest BCUT2D eigenvalue weighted by Gasteiger charge is -2.31. The van der Waals surface area contributed by atoms with Crippen molar-refractivity contribution in [1.82, 2.24) is 10.6 Å². The first kappa shape index (κ1) is 16.6. The Morgan fingerprint density at radius 3 is 2.67 bits per heavy atom. The van der Waals surface area contributed by atoms with Crippen molar-refractivity contribution in [2.75, 3.05) is 18.0 Å². The number of amides is 3. The van der Waals surface area contributed by atoms with Gasteiger partial charge in [0.1, 0.15) is 0 Å². The maximum absolute atomic E-state index is 12.9. The molecule has 1 aromatic rings. The van der Waals surface area contributed by atoms with Crippen LogP contribution in [0.2, 0.25) is 0 Å². The first-order valence-corrected chi connectivity index (χ1v) is 7.88. The fourth-order valence-corrected chi connectivity index (χ4v) is 2.78. The monoisotopic (exact) mass is 341 g/mol. The molecule has 1 aliphatic carbocycles. The second-order valence-electron chi connectivity index (χ2n) is 6.16. The molecule has 1 heterocycles. The number of alkyl halides is 3. The minimum absolute atomic E-state index is 0.128. The van der Waals surface area contributed by atoms with E-state index in [-0.39, 0.29) is 12.6 Å². The summed E-state index contributed by atoms with van der Waals surface area (Å²) < 4.78 is 38.7. The molecule has 24 heavy (non-hydrogen) atoms. The van der Waals surface area contributed by atoms with Crippen molar-refractivity contribution in [2.24, 2.45) is 0 Å². The minimum Gasteiger partial charge on any atom is -0.362 e. The number of hydrogen-bond donors (Lipinski definition) is 2. The van der Waals surface area contributed by atoms with Gasteiger partial charge in [0, 0.05) is 18.3 Å². The van der Waals surface area contributed by atoms with E-state index in [9.17, 15) is 22.8 Å². The third-order valence-electron chi connectivity index (χ3n) is 4.13. The molecule has 2 N–H and O–H groups in total. The van der Waals surface area contributed by atoms with Crippen LogP contribution >= 0.6 is 0 Å². The maximum Gasteiger partial charge on any atom is 0.416 e. The number of fused-ring (bicyclic) bond motifs is 1. The van der Waals surface area contributed by atoms with E-state index in [1.165, 1.54) is 6.07 Å². The van der Waals surface area contributed by atoms with Gasteiger partial charge in [-0.25, -0.2) is 4.79 Å². The number of imide groups is 1. The highest BCUT2D eigenvalue weighted by Gasteiger charge is 2.32. The Morgan fingerprint density at radius 1 is 1.25 bits per heavy atom. The molecule has 0 radical (unpaired) electrons. The number of nitrogens with one attached hydrogen (secondary N) is 2. The topological polar surface area (TPSA) is 61.4 Å². The third-order valence-corrected chi connectivity index (χ3v) is 4.13. The van der Waals surface area contributed by atoms with Crippen LogP contribution in [0.1, 0.15) is 30.4 Å². The standard InChI is InChI=1S/C16H18F3N3O2/c17-16(18,19)11-4-3-10-2-1-7-22(13(10)8-11)9-14(23)21-15(24)20-12-5-6-12/h3-4,8,12H,1-2,5-7,9H2,(H2,20,21,23,24). The van der Waals surface area contributed by atoms with E-state index in [1.54, 1.807) is 4.90 Å². The molecular formula is C16H18F3N3O2. The maximum atomic E-state index is 12.9. The molecule has 3 rings (SSSR count). The summed E-state index contributed by atoms with van der Waals surface area (Å²) in [6, 6.07) is 3.17. The Balaban J connectivity index is 1.68. The van der Waals surface area contributed by atoms with E-state index in [0.717, 1.165) is 37.0 Å². The second kappa shape index (κ2) is 6.33. The van der Waals surface area contributed by atoms with Gasteiger partial charge in [0.15, 0.2) is 0 Å². The zero-order chi connectivity index (χ0) is 17.3. The van der Waals surface area contributed by atoms with Crippen LogP contribution in [0.4, 0.5) is 23.7 Å². The molecule has 0 saturated heterocycles. The Bertz CT molecular complexity index is 656. The number of hydrogen-bond acceptors (Lipinski definition) is 3. The molecular weight excluding hydrogens is 323 g/mol. The predicted octanol–water partition coefficient (Wildman–Crippen LogP) is 2.45. The molecule has 0 bridgehead atoms. The highest BCUT2D eigenvalue weighted by molar-refractivity contribution is 5.96. The van der Waals surface area contributed by atoms with Crippen molar-refractivity contribution in [3.63, 3.8) is 0 Å². The van der Waals surface area contributed by atoms with Crippen molar-refractivity contribution in [1.29, 1.82) is 0 Å². The van der Waals surface area contributed by atoms with Gasteiger partial charge in [-0.3, -0.25) is 10.1 Å². The van der Waals surface area contributed by atoms with Crippen molar-refractivity contribution in [3.8, 4) is 0 Å². The van der Waals surface area contributed by atoms with Crippen molar-refractivity contribution in [3.05, 3.63) is 29.3 Å². The van der Waals surface area contributed by atoms with Crippen LogP contribution < -0.4 is 15.5 Å². The van der Waals surface area contributed by atoms with E-state index in [0.29, 0.717) is 18.7 Å². The van der Waals surface area contributed by atoms with Crippen LogP contribution in [0.25, 0.3) is 0 Å². The Labute approximate surface area is 137 Å². The Morgan fingerprint density at radius 2 is 2.00 bits per heavy atom. The zero-order valence-electron chi connectivity index (χ0n) is 12.9. The number of carbonyl (C=O) groups excluding carboxylic acids is 2. The molecule has 1 saturated carbocycles. The summed E-state index contributed by atoms with van der Waals surface area (Å²) in [7, 11) is 0. The molecule has 130 valence electrons. The number of urea groups is 1. The normalized spacial score (nSPS) is 17.2. The van der Waals surface area contributed by atoms with Gasteiger partial charge in [0.2, 0.25) is 5.91 Å². The van der Waals surface area contributed by atoms with E-state index < -0.39 is 23.7 Å². The molecule has 1 aliphatic heterocycles. The molecule has 2 aliphatic rings. The summed E-state index contributed by atoms with van der Waals surface area (Å²) >= 11 is 0. The largest absolute Gasteiger partial charge is 0.416 e.